The van der Waals surface area contributed by atoms with Gasteiger partial charge in [0, 0.05) is 42.6 Å². The molecule has 0 aliphatic heterocycles. The van der Waals surface area contributed by atoms with Gasteiger partial charge in [0.25, 0.3) is 0 Å². The van der Waals surface area contributed by atoms with E-state index in [2.05, 4.69) is 135 Å². The normalized spacial score (nSPS) is 11.7. The fourth-order valence-corrected chi connectivity index (χ4v) is 6.35. The van der Waals surface area contributed by atoms with Crippen LogP contribution in [0.25, 0.3) is 72.0 Å². The van der Waals surface area contributed by atoms with Gasteiger partial charge < -0.3 is 18.3 Å². The molecule has 0 saturated heterocycles. The Morgan fingerprint density at radius 3 is 1.86 bits per heavy atom. The zero-order valence-corrected chi connectivity index (χ0v) is 25.4. The molecule has 4 aromatic heterocycles. The van der Waals surface area contributed by atoms with Crippen LogP contribution in [0, 0.1) is 18.5 Å². The van der Waals surface area contributed by atoms with Crippen LogP contribution in [0.4, 0.5) is 0 Å². The van der Waals surface area contributed by atoms with Crippen LogP contribution >= 0.6 is 0 Å². The van der Waals surface area contributed by atoms with Crippen LogP contribution in [-0.2, 0) is 28.1 Å². The third kappa shape index (κ3) is 3.75. The van der Waals surface area contributed by atoms with Gasteiger partial charge in [0.2, 0.25) is 6.33 Å². The Kier molecular flexibility index (Phi) is 5.85. The topological polar surface area (TPSA) is 31.6 Å². The minimum atomic E-state index is 0. The zero-order chi connectivity index (χ0) is 27.8. The molecule has 0 atom stereocenters. The summed E-state index contributed by atoms with van der Waals surface area (Å²) in [5.74, 6) is 0. The van der Waals surface area contributed by atoms with Gasteiger partial charge in [0.1, 0.15) is 11.3 Å². The summed E-state index contributed by atoms with van der Waals surface area (Å²) in [6, 6.07) is 49.1. The van der Waals surface area contributed by atoms with Gasteiger partial charge >= 0.3 is 0 Å². The number of benzene rings is 5. The molecule has 0 bridgehead atoms. The molecule has 0 fully saturated rings. The molecule has 0 unspecified atom stereocenters. The summed E-state index contributed by atoms with van der Waals surface area (Å²) in [5.41, 5.74) is 9.01. The molecular weight excluding hydrogens is 710 g/mol. The van der Waals surface area contributed by atoms with E-state index < -0.39 is 0 Å². The molecule has 0 aliphatic rings. The maximum absolute atomic E-state index is 5.43. The van der Waals surface area contributed by atoms with E-state index in [9.17, 15) is 0 Å². The quantitative estimate of drug-likeness (QED) is 0.137. The van der Waals surface area contributed by atoms with E-state index in [1.165, 1.54) is 5.39 Å². The summed E-state index contributed by atoms with van der Waals surface area (Å²) in [5, 5.41) is 4.57. The summed E-state index contributed by atoms with van der Waals surface area (Å²) in [6.45, 7) is 0. The van der Waals surface area contributed by atoms with Gasteiger partial charge in [-0.05, 0) is 18.2 Å². The van der Waals surface area contributed by atoms with Crippen molar-refractivity contribution in [2.45, 2.75) is 0 Å². The van der Waals surface area contributed by atoms with Gasteiger partial charge in [0.15, 0.2) is 0 Å². The third-order valence-electron chi connectivity index (χ3n) is 8.19. The standard InChI is InChI=1S/C37H23N5.Pt/c1-39-24-40(35-21-10-9-20-34(35)39)26-14-11-15-27(22-26)42-33-19-8-6-17-29(33)31-23-30-28-16-5-7-18-32(28)41(36(30)38-37(31)42)25-12-3-2-4-13-25;/h2-12,14-21,23H,1H3;/q-2;. The summed E-state index contributed by atoms with van der Waals surface area (Å²) in [7, 11) is 2.02. The minimum absolute atomic E-state index is 0. The number of fused-ring (bicyclic) bond motifs is 7. The number of hydrogen-bond acceptors (Lipinski definition) is 1. The first-order chi connectivity index (χ1) is 20.8. The summed E-state index contributed by atoms with van der Waals surface area (Å²) >= 11 is 0. The number of para-hydroxylation sites is 5. The first-order valence-corrected chi connectivity index (χ1v) is 14.0. The molecule has 43 heavy (non-hydrogen) atoms. The van der Waals surface area contributed by atoms with Crippen LogP contribution in [0.2, 0.25) is 0 Å². The predicted molar refractivity (Wildman–Crippen MR) is 167 cm³/mol. The first-order valence-electron chi connectivity index (χ1n) is 14.0. The van der Waals surface area contributed by atoms with Crippen LogP contribution in [-0.4, -0.2) is 18.7 Å². The smallest absolute Gasteiger partial charge is 0.242 e. The van der Waals surface area contributed by atoms with Gasteiger partial charge in [-0.1, -0.05) is 77.7 Å². The second-order valence-corrected chi connectivity index (χ2v) is 10.6. The first kappa shape index (κ1) is 25.7. The van der Waals surface area contributed by atoms with Gasteiger partial charge in [-0.25, -0.2) is 4.98 Å². The number of hydrogen-bond donors (Lipinski definition) is 0. The van der Waals surface area contributed by atoms with Crippen LogP contribution < -0.4 is 4.57 Å². The van der Waals surface area contributed by atoms with Crippen molar-refractivity contribution in [1.82, 2.24) is 18.7 Å². The Bertz CT molecular complexity index is 2480. The van der Waals surface area contributed by atoms with Gasteiger partial charge in [-0.2, -0.15) is 42.5 Å². The molecule has 0 saturated carbocycles. The van der Waals surface area contributed by atoms with Crippen LogP contribution in [0.5, 0.6) is 0 Å². The second-order valence-electron chi connectivity index (χ2n) is 10.6. The molecule has 6 heteroatoms. The van der Waals surface area contributed by atoms with Crippen molar-refractivity contribution >= 4 is 54.9 Å². The fraction of sp³-hybridized carbons (Fsp3) is 0.0270. The van der Waals surface area contributed by atoms with Crippen LogP contribution in [0.1, 0.15) is 0 Å². The average molecular weight is 733 g/mol. The van der Waals surface area contributed by atoms with E-state index in [1.54, 1.807) is 0 Å². The van der Waals surface area contributed by atoms with Crippen molar-refractivity contribution in [2.75, 3.05) is 0 Å². The zero-order valence-electron chi connectivity index (χ0n) is 23.1. The molecule has 9 aromatic rings. The van der Waals surface area contributed by atoms with E-state index in [-0.39, 0.29) is 21.1 Å². The number of rotatable bonds is 3. The van der Waals surface area contributed by atoms with Crippen molar-refractivity contribution in [3.8, 4) is 17.1 Å². The van der Waals surface area contributed by atoms with Gasteiger partial charge in [-0.15, -0.1) is 12.1 Å². The van der Waals surface area contributed by atoms with E-state index in [0.717, 1.165) is 66.6 Å². The predicted octanol–water partition coefficient (Wildman–Crippen LogP) is 7.44. The molecule has 5 nitrogen and oxygen atoms in total. The second kappa shape index (κ2) is 9.79. The Morgan fingerprint density at radius 2 is 1.16 bits per heavy atom. The minimum Gasteiger partial charge on any atom is -0.342 e. The summed E-state index contributed by atoms with van der Waals surface area (Å²) in [4.78, 5) is 5.43. The Hall–Kier alpha value is -4.99. The summed E-state index contributed by atoms with van der Waals surface area (Å²) < 4.78 is 8.54. The van der Waals surface area contributed by atoms with Crippen molar-refractivity contribution in [2.24, 2.45) is 7.05 Å². The molecule has 0 N–H and O–H groups in total. The average Bonchev–Trinajstić information content (AvgIpc) is 3.67. The monoisotopic (exact) mass is 732 g/mol. The van der Waals surface area contributed by atoms with Crippen LogP contribution in [0.15, 0.2) is 121 Å². The molecule has 0 radical (unpaired) electrons. The Labute approximate surface area is 262 Å². The molecule has 0 amide bonds. The maximum Gasteiger partial charge on any atom is 0.242 e. The van der Waals surface area contributed by atoms with Gasteiger partial charge in [-0.3, -0.25) is 0 Å². The molecule has 4 heterocycles. The molecule has 9 rings (SSSR count). The van der Waals surface area contributed by atoms with Crippen molar-refractivity contribution < 1.29 is 25.6 Å². The largest absolute Gasteiger partial charge is 0.342 e. The number of aromatic nitrogens is 5. The van der Waals surface area contributed by atoms with E-state index in [4.69, 9.17) is 4.98 Å². The van der Waals surface area contributed by atoms with Crippen LogP contribution in [0.3, 0.4) is 0 Å². The van der Waals surface area contributed by atoms with Crippen molar-refractivity contribution in [3.05, 3.63) is 140 Å². The van der Waals surface area contributed by atoms with E-state index >= 15 is 0 Å². The molecule has 5 aromatic carbocycles. The molecule has 208 valence electrons. The molecule has 0 aliphatic carbocycles. The Balaban J connectivity index is 0.00000278. The van der Waals surface area contributed by atoms with Gasteiger partial charge in [0.05, 0.1) is 29.1 Å². The third-order valence-corrected chi connectivity index (χ3v) is 8.19. The molecular formula is C37H23N5Pt-2. The number of aryl methyl sites for hydroxylation is 1. The number of nitrogens with zero attached hydrogens (tertiary/aromatic N) is 5. The van der Waals surface area contributed by atoms with Crippen molar-refractivity contribution in [3.63, 3.8) is 0 Å². The molecule has 0 spiro atoms. The number of pyridine rings is 1. The van der Waals surface area contributed by atoms with E-state index in [0.29, 0.717) is 0 Å². The maximum atomic E-state index is 5.43. The Morgan fingerprint density at radius 1 is 0.581 bits per heavy atom. The SMILES string of the molecule is C[n+]1[c-]n(-c2[c-]c(-n3c4ccccc4c4cc5c6ccccc6n(-c6[c-]cccc6)c5nc43)ccc2)c2ccccc21.[Pt]. The number of imidazole rings is 1. The fourth-order valence-electron chi connectivity index (χ4n) is 6.35. The van der Waals surface area contributed by atoms with E-state index in [1.807, 2.05) is 29.8 Å². The van der Waals surface area contributed by atoms with Crippen molar-refractivity contribution in [1.29, 1.82) is 0 Å². The summed E-state index contributed by atoms with van der Waals surface area (Å²) in [6.07, 6.45) is 3.45.